The molecule has 1 N–H and O–H groups in total. The first kappa shape index (κ1) is 20.6. The van der Waals surface area contributed by atoms with Gasteiger partial charge in [-0.3, -0.25) is 14.4 Å². The minimum absolute atomic E-state index is 0.0523. The Hall–Kier alpha value is -3.10. The number of carbonyl (C=O) groups excluding carboxylic acids is 2. The molecule has 1 fully saturated rings. The number of nitrogens with one attached hydrogen (secondary N) is 1. The summed E-state index contributed by atoms with van der Waals surface area (Å²) < 4.78 is 40.7. The molecule has 29 heavy (non-hydrogen) atoms. The summed E-state index contributed by atoms with van der Waals surface area (Å²) in [6.45, 7) is 0.534. The van der Waals surface area contributed by atoms with E-state index in [0.717, 1.165) is 18.2 Å². The summed E-state index contributed by atoms with van der Waals surface area (Å²) in [6.07, 6.45) is -2.06. The predicted octanol–water partition coefficient (Wildman–Crippen LogP) is 2.50. The Bertz CT molecular complexity index is 985. The van der Waals surface area contributed by atoms with Crippen LogP contribution < -0.4 is 10.9 Å². The molecular weight excluding hydrogens is 387 g/mol. The number of nitrogens with zero attached hydrogens (tertiary/aromatic N) is 2. The minimum Gasteiger partial charge on any atom is -0.343 e. The van der Waals surface area contributed by atoms with Crippen LogP contribution in [0.3, 0.4) is 0 Å². The van der Waals surface area contributed by atoms with Gasteiger partial charge in [-0.25, -0.2) is 0 Å². The molecular formula is C20H20F3N3O3. The Morgan fingerprint density at radius 2 is 1.97 bits per heavy atom. The van der Waals surface area contributed by atoms with Crippen LogP contribution in [0.15, 0.2) is 47.4 Å². The van der Waals surface area contributed by atoms with Crippen molar-refractivity contribution in [1.82, 2.24) is 14.8 Å². The number of carbonyl (C=O) groups is 2. The number of benzene rings is 1. The first-order chi connectivity index (χ1) is 13.6. The highest BCUT2D eigenvalue weighted by molar-refractivity contribution is 5.94. The molecule has 3 rings (SSSR count). The summed E-state index contributed by atoms with van der Waals surface area (Å²) in [7, 11) is 1.54. The number of hydrogen-bond acceptors (Lipinski definition) is 3. The Morgan fingerprint density at radius 3 is 2.59 bits per heavy atom. The molecule has 0 saturated carbocycles. The molecule has 1 aromatic carbocycles. The van der Waals surface area contributed by atoms with Gasteiger partial charge in [0.05, 0.1) is 11.6 Å². The fraction of sp³-hybridized carbons (Fsp3) is 0.350. The summed E-state index contributed by atoms with van der Waals surface area (Å²) in [5.74, 6) is -0.707. The van der Waals surface area contributed by atoms with Crippen molar-refractivity contribution in [2.24, 2.45) is 7.05 Å². The summed E-state index contributed by atoms with van der Waals surface area (Å²) in [5.41, 5.74) is -0.895. The molecule has 0 unspecified atom stereocenters. The fourth-order valence-electron chi connectivity index (χ4n) is 3.21. The van der Waals surface area contributed by atoms with Gasteiger partial charge in [0.25, 0.3) is 11.5 Å². The topological polar surface area (TPSA) is 71.4 Å². The van der Waals surface area contributed by atoms with Gasteiger partial charge in [0.1, 0.15) is 0 Å². The number of halogens is 3. The Balaban J connectivity index is 1.90. The van der Waals surface area contributed by atoms with E-state index in [1.165, 1.54) is 40.9 Å². The Kier molecular flexibility index (Phi) is 5.76. The average molecular weight is 407 g/mol. The number of aromatic nitrogens is 1. The van der Waals surface area contributed by atoms with E-state index < -0.39 is 23.7 Å². The number of likely N-dealkylation sites (tertiary alicyclic amines) is 1. The highest BCUT2D eigenvalue weighted by Crippen LogP contribution is 2.31. The second kappa shape index (κ2) is 8.10. The molecule has 1 aromatic heterocycles. The van der Waals surface area contributed by atoms with Crippen molar-refractivity contribution in [3.63, 3.8) is 0 Å². The third-order valence-corrected chi connectivity index (χ3v) is 4.86. The van der Waals surface area contributed by atoms with E-state index in [9.17, 15) is 27.6 Å². The van der Waals surface area contributed by atoms with E-state index in [1.54, 1.807) is 0 Å². The van der Waals surface area contributed by atoms with E-state index in [4.69, 9.17) is 0 Å². The first-order valence-electron chi connectivity index (χ1n) is 9.07. The maximum Gasteiger partial charge on any atom is 0.416 e. The van der Waals surface area contributed by atoms with Crippen molar-refractivity contribution in [3.05, 3.63) is 69.6 Å². The summed E-state index contributed by atoms with van der Waals surface area (Å²) in [4.78, 5) is 37.9. The number of hydrogen-bond donors (Lipinski definition) is 1. The lowest BCUT2D eigenvalue weighted by molar-refractivity contribution is -0.137. The van der Waals surface area contributed by atoms with E-state index in [-0.39, 0.29) is 29.1 Å². The minimum atomic E-state index is -4.53. The van der Waals surface area contributed by atoms with Crippen LogP contribution >= 0.6 is 0 Å². The maximum absolute atomic E-state index is 13.1. The standard InChI is InChI=1S/C20H20F3N3O3/c1-25-9-7-14(11-18(25)28)19(29)24-16(12-26-8-3-6-17(26)27)13-4-2-5-15(10-13)20(21,22)23/h2,4-5,7,9-11,16H,3,6,8,12H2,1H3,(H,24,29)/t16-/m0/s1. The average Bonchev–Trinajstić information content (AvgIpc) is 3.07. The van der Waals surface area contributed by atoms with Gasteiger partial charge in [-0.1, -0.05) is 12.1 Å². The number of rotatable bonds is 5. The summed E-state index contributed by atoms with van der Waals surface area (Å²) >= 11 is 0. The van der Waals surface area contributed by atoms with Crippen LogP contribution in [0.2, 0.25) is 0 Å². The molecule has 1 atom stereocenters. The molecule has 2 amide bonds. The summed E-state index contributed by atoms with van der Waals surface area (Å²) in [5, 5.41) is 2.67. The molecule has 0 aliphatic carbocycles. The van der Waals surface area contributed by atoms with E-state index in [1.807, 2.05) is 0 Å². The van der Waals surface area contributed by atoms with Crippen LogP contribution in [0.4, 0.5) is 13.2 Å². The lowest BCUT2D eigenvalue weighted by Crippen LogP contribution is -2.39. The van der Waals surface area contributed by atoms with Gasteiger partial charge in [-0.2, -0.15) is 13.2 Å². The number of pyridine rings is 1. The second-order valence-electron chi connectivity index (χ2n) is 6.96. The van der Waals surface area contributed by atoms with Crippen molar-refractivity contribution < 1.29 is 22.8 Å². The zero-order valence-electron chi connectivity index (χ0n) is 15.7. The van der Waals surface area contributed by atoms with E-state index in [2.05, 4.69) is 5.32 Å². The quantitative estimate of drug-likeness (QED) is 0.828. The second-order valence-corrected chi connectivity index (χ2v) is 6.96. The molecule has 1 aliphatic heterocycles. The highest BCUT2D eigenvalue weighted by atomic mass is 19.4. The van der Waals surface area contributed by atoms with Crippen LogP contribution in [-0.2, 0) is 18.0 Å². The largest absolute Gasteiger partial charge is 0.416 e. The number of amides is 2. The monoisotopic (exact) mass is 407 g/mol. The number of alkyl halides is 3. The molecule has 0 bridgehead atoms. The smallest absolute Gasteiger partial charge is 0.343 e. The van der Waals surface area contributed by atoms with Gasteiger partial charge in [-0.05, 0) is 30.2 Å². The van der Waals surface area contributed by atoms with E-state index in [0.29, 0.717) is 19.4 Å². The molecule has 6 nitrogen and oxygen atoms in total. The van der Waals surface area contributed by atoms with Crippen LogP contribution in [0.25, 0.3) is 0 Å². The van der Waals surface area contributed by atoms with Crippen LogP contribution in [0.5, 0.6) is 0 Å². The van der Waals surface area contributed by atoms with Crippen molar-refractivity contribution in [3.8, 4) is 0 Å². The van der Waals surface area contributed by atoms with Gasteiger partial charge >= 0.3 is 6.18 Å². The molecule has 9 heteroatoms. The Morgan fingerprint density at radius 1 is 1.21 bits per heavy atom. The lowest BCUT2D eigenvalue weighted by Gasteiger charge is -2.26. The van der Waals surface area contributed by atoms with E-state index >= 15 is 0 Å². The predicted molar refractivity (Wildman–Crippen MR) is 99.1 cm³/mol. The van der Waals surface area contributed by atoms with Crippen LogP contribution in [0, 0.1) is 0 Å². The molecule has 0 spiro atoms. The third kappa shape index (κ3) is 4.85. The van der Waals surface area contributed by atoms with Crippen LogP contribution in [0.1, 0.15) is 40.4 Å². The van der Waals surface area contributed by atoms with Gasteiger partial charge < -0.3 is 14.8 Å². The first-order valence-corrected chi connectivity index (χ1v) is 9.07. The van der Waals surface area contributed by atoms with Crippen LogP contribution in [-0.4, -0.2) is 34.4 Å². The molecule has 154 valence electrons. The van der Waals surface area contributed by atoms with Crippen molar-refractivity contribution in [2.75, 3.05) is 13.1 Å². The van der Waals surface area contributed by atoms with Gasteiger partial charge in [0.15, 0.2) is 0 Å². The Labute approximate surface area is 164 Å². The zero-order chi connectivity index (χ0) is 21.2. The van der Waals surface area contributed by atoms with Gasteiger partial charge in [0, 0.05) is 44.4 Å². The molecule has 1 aliphatic rings. The van der Waals surface area contributed by atoms with Gasteiger partial charge in [-0.15, -0.1) is 0 Å². The highest BCUT2D eigenvalue weighted by Gasteiger charge is 2.32. The molecule has 2 heterocycles. The van der Waals surface area contributed by atoms with Crippen molar-refractivity contribution >= 4 is 11.8 Å². The third-order valence-electron chi connectivity index (χ3n) is 4.86. The van der Waals surface area contributed by atoms with Crippen molar-refractivity contribution in [2.45, 2.75) is 25.1 Å². The summed E-state index contributed by atoms with van der Waals surface area (Å²) in [6, 6.07) is 6.41. The van der Waals surface area contributed by atoms with Crippen molar-refractivity contribution in [1.29, 1.82) is 0 Å². The molecule has 1 saturated heterocycles. The fourth-order valence-corrected chi connectivity index (χ4v) is 3.21. The maximum atomic E-state index is 13.1. The number of aryl methyl sites for hydroxylation is 1. The molecule has 2 aromatic rings. The molecule has 0 radical (unpaired) electrons. The lowest BCUT2D eigenvalue weighted by atomic mass is 10.0. The zero-order valence-corrected chi connectivity index (χ0v) is 15.7. The SMILES string of the molecule is Cn1ccc(C(=O)N[C@@H](CN2CCCC2=O)c2cccc(C(F)(F)F)c2)cc1=O. The normalized spacial score (nSPS) is 15.4. The van der Waals surface area contributed by atoms with Gasteiger partial charge in [0.2, 0.25) is 5.91 Å².